The highest BCUT2D eigenvalue weighted by Gasteiger charge is 2.31. The number of carbonyl (C=O) groups is 1. The van der Waals surface area contributed by atoms with Gasteiger partial charge >= 0.3 is 6.09 Å². The number of hydrogen-bond acceptors (Lipinski definition) is 5. The first-order valence-electron chi connectivity index (χ1n) is 8.05. The highest BCUT2D eigenvalue weighted by atomic mass is 35.5. The van der Waals surface area contributed by atoms with E-state index in [9.17, 15) is 9.59 Å². The van der Waals surface area contributed by atoms with E-state index in [0.29, 0.717) is 24.7 Å². The second-order valence-electron chi connectivity index (χ2n) is 7.24. The molecule has 1 amide bonds. The van der Waals surface area contributed by atoms with Crippen molar-refractivity contribution in [1.82, 2.24) is 14.7 Å². The highest BCUT2D eigenvalue weighted by Crippen LogP contribution is 2.24. The van der Waals surface area contributed by atoms with Gasteiger partial charge in [0.05, 0.1) is 11.9 Å². The van der Waals surface area contributed by atoms with Crippen LogP contribution in [-0.2, 0) is 11.8 Å². The van der Waals surface area contributed by atoms with Crippen molar-refractivity contribution in [3.8, 4) is 0 Å². The zero-order valence-corrected chi connectivity index (χ0v) is 15.6. The monoisotopic (exact) mass is 356 g/mol. The Morgan fingerprint density at radius 1 is 1.46 bits per heavy atom. The van der Waals surface area contributed by atoms with E-state index in [4.69, 9.17) is 16.3 Å². The van der Waals surface area contributed by atoms with Crippen molar-refractivity contribution in [1.29, 1.82) is 0 Å². The molecule has 0 saturated carbocycles. The van der Waals surface area contributed by atoms with E-state index < -0.39 is 5.60 Å². The molecule has 2 unspecified atom stereocenters. The van der Waals surface area contributed by atoms with Gasteiger partial charge in [-0.15, -0.1) is 0 Å². The van der Waals surface area contributed by atoms with E-state index >= 15 is 0 Å². The van der Waals surface area contributed by atoms with E-state index in [1.165, 1.54) is 10.9 Å². The summed E-state index contributed by atoms with van der Waals surface area (Å²) in [6.07, 6.45) is 2.05. The third-order valence-corrected chi connectivity index (χ3v) is 4.39. The summed E-state index contributed by atoms with van der Waals surface area (Å²) in [5.74, 6) is 0.323. The lowest BCUT2D eigenvalue weighted by molar-refractivity contribution is 0.0176. The van der Waals surface area contributed by atoms with Crippen LogP contribution in [0.5, 0.6) is 0 Å². The maximum atomic E-state index is 12.3. The molecule has 2 atom stereocenters. The Kier molecular flexibility index (Phi) is 5.42. The summed E-state index contributed by atoms with van der Waals surface area (Å²) in [6, 6.07) is -0.0299. The van der Waals surface area contributed by atoms with Crippen molar-refractivity contribution < 1.29 is 9.53 Å². The van der Waals surface area contributed by atoms with Crippen molar-refractivity contribution in [2.24, 2.45) is 13.0 Å². The first-order chi connectivity index (χ1) is 11.1. The number of nitrogens with one attached hydrogen (secondary N) is 1. The summed E-state index contributed by atoms with van der Waals surface area (Å²) in [6.45, 7) is 8.78. The number of aryl methyl sites for hydroxylation is 1. The van der Waals surface area contributed by atoms with Gasteiger partial charge in [-0.1, -0.05) is 18.5 Å². The fraction of sp³-hybridized carbons (Fsp3) is 0.688. The van der Waals surface area contributed by atoms with Gasteiger partial charge in [0.25, 0.3) is 5.56 Å². The predicted octanol–water partition coefficient (Wildman–Crippen LogP) is 2.49. The zero-order chi connectivity index (χ0) is 18.1. The van der Waals surface area contributed by atoms with Crippen LogP contribution in [0.1, 0.15) is 34.1 Å². The Bertz CT molecular complexity index is 668. The second-order valence-corrected chi connectivity index (χ2v) is 7.62. The molecule has 0 bridgehead atoms. The number of hydrogen-bond donors (Lipinski definition) is 1. The Morgan fingerprint density at radius 3 is 2.75 bits per heavy atom. The van der Waals surface area contributed by atoms with Crippen LogP contribution >= 0.6 is 11.6 Å². The summed E-state index contributed by atoms with van der Waals surface area (Å²) < 4.78 is 6.62. The average Bonchev–Trinajstić information content (AvgIpc) is 2.48. The molecular weight excluding hydrogens is 332 g/mol. The zero-order valence-electron chi connectivity index (χ0n) is 14.8. The average molecular weight is 357 g/mol. The molecule has 24 heavy (non-hydrogen) atoms. The molecule has 1 aromatic rings. The molecule has 1 aliphatic rings. The Labute approximate surface area is 146 Å². The summed E-state index contributed by atoms with van der Waals surface area (Å²) in [4.78, 5) is 25.8. The summed E-state index contributed by atoms with van der Waals surface area (Å²) >= 11 is 6.11. The van der Waals surface area contributed by atoms with Gasteiger partial charge in [0.1, 0.15) is 10.6 Å². The van der Waals surface area contributed by atoms with E-state index in [1.54, 1.807) is 11.9 Å². The van der Waals surface area contributed by atoms with Crippen LogP contribution in [0.3, 0.4) is 0 Å². The molecule has 0 radical (unpaired) electrons. The largest absolute Gasteiger partial charge is 0.444 e. The Balaban J connectivity index is 2.11. The minimum atomic E-state index is -0.526. The maximum Gasteiger partial charge on any atom is 0.410 e. The number of piperidine rings is 1. The molecule has 1 aliphatic heterocycles. The van der Waals surface area contributed by atoms with Crippen molar-refractivity contribution in [2.75, 3.05) is 18.4 Å². The van der Waals surface area contributed by atoms with Gasteiger partial charge in [0, 0.05) is 26.2 Å². The Morgan fingerprint density at radius 2 is 2.12 bits per heavy atom. The quantitative estimate of drug-likeness (QED) is 0.881. The summed E-state index contributed by atoms with van der Waals surface area (Å²) in [7, 11) is 1.55. The maximum absolute atomic E-state index is 12.3. The number of rotatable bonds is 2. The number of likely N-dealkylation sites (tertiary alicyclic amines) is 1. The van der Waals surface area contributed by atoms with Crippen LogP contribution in [0.25, 0.3) is 0 Å². The molecule has 8 heteroatoms. The molecule has 1 N–H and O–H groups in total. The predicted molar refractivity (Wildman–Crippen MR) is 93.5 cm³/mol. The van der Waals surface area contributed by atoms with Crippen molar-refractivity contribution in [3.63, 3.8) is 0 Å². The highest BCUT2D eigenvalue weighted by molar-refractivity contribution is 6.32. The topological polar surface area (TPSA) is 76.5 Å². The van der Waals surface area contributed by atoms with E-state index in [0.717, 1.165) is 6.42 Å². The van der Waals surface area contributed by atoms with Gasteiger partial charge < -0.3 is 15.0 Å². The van der Waals surface area contributed by atoms with E-state index in [2.05, 4.69) is 17.3 Å². The van der Waals surface area contributed by atoms with Gasteiger partial charge in [-0.3, -0.25) is 4.79 Å². The van der Waals surface area contributed by atoms with E-state index in [1.807, 2.05) is 20.8 Å². The van der Waals surface area contributed by atoms with Gasteiger partial charge in [0.2, 0.25) is 0 Å². The number of aromatic nitrogens is 2. The van der Waals surface area contributed by atoms with Crippen LogP contribution in [0, 0.1) is 5.92 Å². The van der Waals surface area contributed by atoms with Crippen molar-refractivity contribution >= 4 is 23.4 Å². The Hall–Kier alpha value is -1.76. The van der Waals surface area contributed by atoms with E-state index in [-0.39, 0.29) is 22.7 Å². The molecule has 0 spiro atoms. The van der Waals surface area contributed by atoms with Crippen LogP contribution in [0.15, 0.2) is 11.0 Å². The normalized spacial score (nSPS) is 21.5. The lowest BCUT2D eigenvalue weighted by atomic mass is 9.93. The molecule has 1 aromatic heterocycles. The van der Waals surface area contributed by atoms with Crippen LogP contribution < -0.4 is 10.9 Å². The number of nitrogens with zero attached hydrogens (tertiary/aromatic N) is 3. The molecule has 134 valence electrons. The standard InChI is InChI=1S/C16H25ClN4O3/c1-10-6-7-21(15(23)24-16(2,3)4)9-12(10)19-11-8-18-20(5)14(22)13(11)17/h8,10,12,19H,6-7,9H2,1-5H3. The fourth-order valence-corrected chi connectivity index (χ4v) is 2.79. The van der Waals surface area contributed by atoms with Gasteiger partial charge in [-0.25, -0.2) is 9.48 Å². The number of anilines is 1. The molecule has 1 fully saturated rings. The molecule has 1 saturated heterocycles. The third kappa shape index (κ3) is 4.41. The molecule has 2 heterocycles. The number of amides is 1. The summed E-state index contributed by atoms with van der Waals surface area (Å²) in [5, 5.41) is 7.35. The van der Waals surface area contributed by atoms with Crippen LogP contribution in [0.4, 0.5) is 10.5 Å². The van der Waals surface area contributed by atoms with Crippen molar-refractivity contribution in [3.05, 3.63) is 21.6 Å². The summed E-state index contributed by atoms with van der Waals surface area (Å²) in [5.41, 5.74) is -0.390. The van der Waals surface area contributed by atoms with Gasteiger partial charge in [-0.05, 0) is 33.1 Å². The minimum Gasteiger partial charge on any atom is -0.444 e. The smallest absolute Gasteiger partial charge is 0.410 e. The molecule has 2 rings (SSSR count). The van der Waals surface area contributed by atoms with Crippen molar-refractivity contribution in [2.45, 2.75) is 45.8 Å². The number of ether oxygens (including phenoxy) is 1. The first kappa shape index (κ1) is 18.6. The molecule has 0 aromatic carbocycles. The molecule has 7 nitrogen and oxygen atoms in total. The minimum absolute atomic E-state index is 0.0299. The van der Waals surface area contributed by atoms with Gasteiger partial charge in [-0.2, -0.15) is 5.10 Å². The van der Waals surface area contributed by atoms with Gasteiger partial charge in [0.15, 0.2) is 0 Å². The molecule has 0 aliphatic carbocycles. The molecular formula is C16H25ClN4O3. The lowest BCUT2D eigenvalue weighted by Crippen LogP contribution is -2.50. The SMILES string of the molecule is CC1CCN(C(=O)OC(C)(C)C)CC1Nc1cnn(C)c(=O)c1Cl. The number of halogens is 1. The van der Waals surface area contributed by atoms with Crippen LogP contribution in [0.2, 0.25) is 5.02 Å². The van der Waals surface area contributed by atoms with Crippen LogP contribution in [-0.4, -0.2) is 45.5 Å². The second kappa shape index (κ2) is 7.01. The first-order valence-corrected chi connectivity index (χ1v) is 8.42. The fourth-order valence-electron chi connectivity index (χ4n) is 2.56. The third-order valence-electron chi connectivity index (χ3n) is 4.03. The lowest BCUT2D eigenvalue weighted by Gasteiger charge is -2.38. The number of carbonyl (C=O) groups excluding carboxylic acids is 1.